The van der Waals surface area contributed by atoms with Crippen molar-refractivity contribution in [1.29, 1.82) is 0 Å². The highest BCUT2D eigenvalue weighted by Gasteiger charge is 2.19. The molecule has 0 aliphatic rings. The van der Waals surface area contributed by atoms with Crippen molar-refractivity contribution in [2.45, 2.75) is 30.9 Å². The van der Waals surface area contributed by atoms with Crippen LogP contribution in [0.2, 0.25) is 0 Å². The summed E-state index contributed by atoms with van der Waals surface area (Å²) in [5, 5.41) is 9.41. The van der Waals surface area contributed by atoms with Crippen LogP contribution in [0.1, 0.15) is 37.4 Å². The van der Waals surface area contributed by atoms with Crippen molar-refractivity contribution in [3.8, 4) is 0 Å². The summed E-state index contributed by atoms with van der Waals surface area (Å²) in [5.41, 5.74) is 0.669. The summed E-state index contributed by atoms with van der Waals surface area (Å²) in [6, 6.07) is 5.68. The number of hydrogen-bond acceptors (Lipinski definition) is 4. The van der Waals surface area contributed by atoms with Crippen LogP contribution in [0.5, 0.6) is 0 Å². The fourth-order valence-corrected chi connectivity index (χ4v) is 3.00. The number of H-pyrrole nitrogens is 1. The molecular formula is C13H17N3O3S. The molecule has 108 valence electrons. The van der Waals surface area contributed by atoms with Gasteiger partial charge in [-0.1, -0.05) is 12.1 Å². The van der Waals surface area contributed by atoms with E-state index in [1.54, 1.807) is 38.4 Å². The minimum atomic E-state index is -3.62. The van der Waals surface area contributed by atoms with E-state index in [4.69, 9.17) is 0 Å². The van der Waals surface area contributed by atoms with E-state index in [9.17, 15) is 13.5 Å². The Morgan fingerprint density at radius 3 is 2.40 bits per heavy atom. The van der Waals surface area contributed by atoms with Crippen LogP contribution < -0.4 is 4.72 Å². The average molecular weight is 295 g/mol. The summed E-state index contributed by atoms with van der Waals surface area (Å²) in [7, 11) is -3.62. The van der Waals surface area contributed by atoms with Crippen molar-refractivity contribution in [1.82, 2.24) is 14.7 Å². The van der Waals surface area contributed by atoms with Gasteiger partial charge in [-0.3, -0.25) is 0 Å². The molecule has 0 saturated carbocycles. The molecule has 1 heterocycles. The van der Waals surface area contributed by atoms with E-state index in [0.29, 0.717) is 11.4 Å². The summed E-state index contributed by atoms with van der Waals surface area (Å²) in [6.45, 7) is 3.33. The minimum Gasteiger partial charge on any atom is -0.389 e. The third kappa shape index (κ3) is 3.24. The first-order valence-electron chi connectivity index (χ1n) is 6.20. The number of aromatic amines is 1. The summed E-state index contributed by atoms with van der Waals surface area (Å²) < 4.78 is 26.9. The van der Waals surface area contributed by atoms with E-state index >= 15 is 0 Å². The monoisotopic (exact) mass is 295 g/mol. The Balaban J connectivity index is 2.18. The van der Waals surface area contributed by atoms with Crippen LogP contribution in [0.3, 0.4) is 0 Å². The lowest BCUT2D eigenvalue weighted by Crippen LogP contribution is -2.27. The number of nitrogens with zero attached hydrogens (tertiary/aromatic N) is 1. The van der Waals surface area contributed by atoms with Gasteiger partial charge in [0.1, 0.15) is 5.82 Å². The number of sulfonamides is 1. The zero-order valence-electron chi connectivity index (χ0n) is 11.2. The first-order valence-corrected chi connectivity index (χ1v) is 7.68. The molecule has 0 bridgehead atoms. The first-order chi connectivity index (χ1) is 9.40. The molecule has 3 N–H and O–H groups in total. The topological polar surface area (TPSA) is 95.1 Å². The Labute approximate surface area is 117 Å². The summed E-state index contributed by atoms with van der Waals surface area (Å²) in [5.74, 6) is 0.550. The standard InChI is InChI=1S/C13H17N3O3S/c1-9(13-14-7-8-15-13)16-20(18,19)12-5-3-11(4-6-12)10(2)17/h3-10,16-17H,1-2H3,(H,14,15). The molecule has 2 aromatic rings. The molecule has 0 spiro atoms. The second kappa shape index (κ2) is 5.74. The first kappa shape index (κ1) is 14.7. The highest BCUT2D eigenvalue weighted by molar-refractivity contribution is 7.89. The van der Waals surface area contributed by atoms with Crippen molar-refractivity contribution in [2.24, 2.45) is 0 Å². The van der Waals surface area contributed by atoms with Crippen LogP contribution in [0, 0.1) is 0 Å². The van der Waals surface area contributed by atoms with E-state index in [1.807, 2.05) is 0 Å². The number of imidazole rings is 1. The maximum atomic E-state index is 12.2. The van der Waals surface area contributed by atoms with Crippen LogP contribution in [-0.2, 0) is 10.0 Å². The molecule has 0 fully saturated rings. The van der Waals surface area contributed by atoms with E-state index < -0.39 is 22.2 Å². The normalized spacial score (nSPS) is 14.9. The molecule has 2 atom stereocenters. The number of benzene rings is 1. The predicted octanol–water partition coefficient (Wildman–Crippen LogP) is 1.50. The van der Waals surface area contributed by atoms with E-state index in [2.05, 4.69) is 14.7 Å². The molecule has 1 aromatic carbocycles. The quantitative estimate of drug-likeness (QED) is 0.779. The molecule has 0 saturated heterocycles. The number of aliphatic hydroxyl groups is 1. The van der Waals surface area contributed by atoms with Gasteiger partial charge in [0, 0.05) is 12.4 Å². The van der Waals surface area contributed by atoms with Crippen LogP contribution in [0.4, 0.5) is 0 Å². The van der Waals surface area contributed by atoms with Crippen LogP contribution in [-0.4, -0.2) is 23.5 Å². The predicted molar refractivity (Wildman–Crippen MR) is 74.4 cm³/mol. The lowest BCUT2D eigenvalue weighted by atomic mass is 10.1. The highest BCUT2D eigenvalue weighted by atomic mass is 32.2. The summed E-state index contributed by atoms with van der Waals surface area (Å²) in [6.07, 6.45) is 2.58. The Hall–Kier alpha value is -1.70. The third-order valence-corrected chi connectivity index (χ3v) is 4.49. The summed E-state index contributed by atoms with van der Waals surface area (Å²) >= 11 is 0. The van der Waals surface area contributed by atoms with Gasteiger partial charge in [-0.15, -0.1) is 0 Å². The van der Waals surface area contributed by atoms with Gasteiger partial charge in [-0.25, -0.2) is 18.1 Å². The number of aromatic nitrogens is 2. The Morgan fingerprint density at radius 2 is 1.90 bits per heavy atom. The fourth-order valence-electron chi connectivity index (χ4n) is 1.80. The Bertz CT molecular complexity index is 649. The van der Waals surface area contributed by atoms with Gasteiger partial charge in [0.25, 0.3) is 0 Å². The van der Waals surface area contributed by atoms with E-state index in [0.717, 1.165) is 0 Å². The van der Waals surface area contributed by atoms with Crippen molar-refractivity contribution in [3.63, 3.8) is 0 Å². The maximum absolute atomic E-state index is 12.2. The zero-order valence-corrected chi connectivity index (χ0v) is 12.1. The van der Waals surface area contributed by atoms with Gasteiger partial charge < -0.3 is 10.1 Å². The maximum Gasteiger partial charge on any atom is 0.241 e. The second-order valence-electron chi connectivity index (χ2n) is 4.56. The number of rotatable bonds is 5. The second-order valence-corrected chi connectivity index (χ2v) is 6.28. The van der Waals surface area contributed by atoms with Gasteiger partial charge >= 0.3 is 0 Å². The highest BCUT2D eigenvalue weighted by Crippen LogP contribution is 2.17. The molecule has 0 amide bonds. The molecule has 6 nitrogen and oxygen atoms in total. The van der Waals surface area contributed by atoms with Gasteiger partial charge in [0.2, 0.25) is 10.0 Å². The van der Waals surface area contributed by atoms with E-state index in [-0.39, 0.29) is 4.90 Å². The zero-order chi connectivity index (χ0) is 14.8. The molecular weight excluding hydrogens is 278 g/mol. The lowest BCUT2D eigenvalue weighted by molar-refractivity contribution is 0.199. The van der Waals surface area contributed by atoms with Gasteiger partial charge in [0.05, 0.1) is 17.0 Å². The van der Waals surface area contributed by atoms with Gasteiger partial charge in [-0.05, 0) is 31.5 Å². The Kier molecular flexibility index (Phi) is 4.22. The molecule has 2 rings (SSSR count). The molecule has 20 heavy (non-hydrogen) atoms. The van der Waals surface area contributed by atoms with Crippen molar-refractivity contribution in [2.75, 3.05) is 0 Å². The number of nitrogens with one attached hydrogen (secondary N) is 2. The smallest absolute Gasteiger partial charge is 0.241 e. The van der Waals surface area contributed by atoms with Crippen LogP contribution >= 0.6 is 0 Å². The number of hydrogen-bond donors (Lipinski definition) is 3. The lowest BCUT2D eigenvalue weighted by Gasteiger charge is -2.13. The third-order valence-electron chi connectivity index (χ3n) is 2.93. The fraction of sp³-hybridized carbons (Fsp3) is 0.308. The molecule has 1 aromatic heterocycles. The SMILES string of the molecule is CC(O)c1ccc(S(=O)(=O)NC(C)c2ncc[nH]2)cc1. The largest absolute Gasteiger partial charge is 0.389 e. The molecule has 7 heteroatoms. The Morgan fingerprint density at radius 1 is 1.25 bits per heavy atom. The summed E-state index contributed by atoms with van der Waals surface area (Å²) in [4.78, 5) is 7.03. The van der Waals surface area contributed by atoms with Gasteiger partial charge in [-0.2, -0.15) is 0 Å². The van der Waals surface area contributed by atoms with Crippen molar-refractivity contribution < 1.29 is 13.5 Å². The van der Waals surface area contributed by atoms with Crippen molar-refractivity contribution >= 4 is 10.0 Å². The van der Waals surface area contributed by atoms with Crippen molar-refractivity contribution in [3.05, 3.63) is 48.0 Å². The van der Waals surface area contributed by atoms with Crippen LogP contribution in [0.25, 0.3) is 0 Å². The number of aliphatic hydroxyl groups excluding tert-OH is 1. The average Bonchev–Trinajstić information content (AvgIpc) is 2.92. The van der Waals surface area contributed by atoms with E-state index in [1.165, 1.54) is 12.1 Å². The molecule has 0 aliphatic carbocycles. The molecule has 0 aliphatic heterocycles. The van der Waals surface area contributed by atoms with Crippen LogP contribution in [0.15, 0.2) is 41.6 Å². The minimum absolute atomic E-state index is 0.153. The van der Waals surface area contributed by atoms with Gasteiger partial charge in [0.15, 0.2) is 0 Å². The molecule has 2 unspecified atom stereocenters. The molecule has 0 radical (unpaired) electrons.